The lowest BCUT2D eigenvalue weighted by molar-refractivity contribution is -0.132. The number of rotatable bonds is 9. The number of hydrogen-bond acceptors (Lipinski definition) is 5. The van der Waals surface area contributed by atoms with E-state index in [1.54, 1.807) is 18.6 Å². The molecule has 2 amide bonds. The molecule has 3 heterocycles. The van der Waals surface area contributed by atoms with E-state index in [0.717, 1.165) is 57.7 Å². The lowest BCUT2D eigenvalue weighted by atomic mass is 9.92. The second kappa shape index (κ2) is 11.2. The van der Waals surface area contributed by atoms with E-state index in [2.05, 4.69) is 27.1 Å². The smallest absolute Gasteiger partial charge is 0.222 e. The van der Waals surface area contributed by atoms with Gasteiger partial charge < -0.3 is 10.2 Å². The summed E-state index contributed by atoms with van der Waals surface area (Å²) in [4.78, 5) is 37.3. The number of hydrogen-bond donors (Lipinski definition) is 1. The number of nitrogens with zero attached hydrogens (tertiary/aromatic N) is 4. The highest BCUT2D eigenvalue weighted by Crippen LogP contribution is 2.22. The zero-order chi connectivity index (χ0) is 20.5. The van der Waals surface area contributed by atoms with Crippen molar-refractivity contribution in [1.29, 1.82) is 0 Å². The molecule has 0 radical (unpaired) electrons. The zero-order valence-electron chi connectivity index (χ0n) is 17.7. The van der Waals surface area contributed by atoms with Gasteiger partial charge in [0.25, 0.3) is 0 Å². The van der Waals surface area contributed by atoms with E-state index in [1.807, 2.05) is 4.90 Å². The molecule has 1 atom stereocenters. The van der Waals surface area contributed by atoms with Gasteiger partial charge in [-0.2, -0.15) is 0 Å². The molecule has 7 heteroatoms. The summed E-state index contributed by atoms with van der Waals surface area (Å²) >= 11 is 0. The van der Waals surface area contributed by atoms with E-state index in [0.29, 0.717) is 31.2 Å². The van der Waals surface area contributed by atoms with E-state index >= 15 is 0 Å². The number of amides is 2. The van der Waals surface area contributed by atoms with E-state index in [9.17, 15) is 9.59 Å². The van der Waals surface area contributed by atoms with Gasteiger partial charge in [-0.1, -0.05) is 6.92 Å². The quantitative estimate of drug-likeness (QED) is 0.685. The lowest BCUT2D eigenvalue weighted by Gasteiger charge is -2.32. The van der Waals surface area contributed by atoms with Crippen LogP contribution in [0.3, 0.4) is 0 Å². The van der Waals surface area contributed by atoms with Gasteiger partial charge in [-0.25, -0.2) is 0 Å². The molecule has 2 aliphatic rings. The standard InChI is InChI=1S/C22H35N5O2/c1-2-26-13-3-4-20(26)17-25-21(28)7-5-18-9-14-27(15-10-18)22(29)8-6-19-16-23-11-12-24-19/h11-12,16,18,20H,2-10,13-15,17H2,1H3,(H,25,28)/t20-/m1/s1. The number of aromatic nitrogens is 2. The average Bonchev–Trinajstić information content (AvgIpc) is 3.23. The Balaban J connectivity index is 1.28. The molecule has 0 spiro atoms. The monoisotopic (exact) mass is 401 g/mol. The fourth-order valence-electron chi connectivity index (χ4n) is 4.52. The fraction of sp³-hybridized carbons (Fsp3) is 0.727. The molecular weight excluding hydrogens is 366 g/mol. The number of carbonyl (C=O) groups is 2. The number of carbonyl (C=O) groups excluding carboxylic acids is 2. The predicted molar refractivity (Wildman–Crippen MR) is 112 cm³/mol. The summed E-state index contributed by atoms with van der Waals surface area (Å²) in [7, 11) is 0. The normalized spacial score (nSPS) is 20.7. The van der Waals surface area contributed by atoms with Gasteiger partial charge in [0.2, 0.25) is 11.8 Å². The molecule has 1 aromatic heterocycles. The van der Waals surface area contributed by atoms with E-state index in [4.69, 9.17) is 0 Å². The number of likely N-dealkylation sites (N-methyl/N-ethyl adjacent to an activating group) is 1. The van der Waals surface area contributed by atoms with Crippen molar-refractivity contribution in [2.45, 2.75) is 64.3 Å². The van der Waals surface area contributed by atoms with Crippen molar-refractivity contribution in [2.24, 2.45) is 5.92 Å². The van der Waals surface area contributed by atoms with Gasteiger partial charge >= 0.3 is 0 Å². The highest BCUT2D eigenvalue weighted by molar-refractivity contribution is 5.76. The third kappa shape index (κ3) is 6.77. The highest BCUT2D eigenvalue weighted by Gasteiger charge is 2.25. The Morgan fingerprint density at radius 1 is 1.14 bits per heavy atom. The van der Waals surface area contributed by atoms with Crippen molar-refractivity contribution in [3.63, 3.8) is 0 Å². The molecule has 1 aromatic rings. The molecule has 2 aliphatic heterocycles. The maximum absolute atomic E-state index is 12.4. The molecule has 0 bridgehead atoms. The first-order chi connectivity index (χ1) is 14.2. The van der Waals surface area contributed by atoms with Crippen LogP contribution in [-0.4, -0.2) is 70.3 Å². The number of nitrogens with one attached hydrogen (secondary N) is 1. The lowest BCUT2D eigenvalue weighted by Crippen LogP contribution is -2.40. The molecule has 0 aromatic carbocycles. The van der Waals surface area contributed by atoms with Gasteiger partial charge in [0.05, 0.1) is 5.69 Å². The van der Waals surface area contributed by atoms with Crippen molar-refractivity contribution in [3.05, 3.63) is 24.3 Å². The Morgan fingerprint density at radius 2 is 1.97 bits per heavy atom. The minimum atomic E-state index is 0.176. The van der Waals surface area contributed by atoms with Crippen LogP contribution < -0.4 is 5.32 Å². The number of aryl methyl sites for hydroxylation is 1. The van der Waals surface area contributed by atoms with Gasteiger partial charge in [0.15, 0.2) is 0 Å². The Morgan fingerprint density at radius 3 is 2.69 bits per heavy atom. The molecule has 7 nitrogen and oxygen atoms in total. The molecule has 2 saturated heterocycles. The Bertz CT molecular complexity index is 646. The summed E-state index contributed by atoms with van der Waals surface area (Å²) in [5, 5.41) is 3.13. The van der Waals surface area contributed by atoms with Gasteiger partial charge in [-0.3, -0.25) is 24.5 Å². The minimum Gasteiger partial charge on any atom is -0.355 e. The molecule has 1 N–H and O–H groups in total. The summed E-state index contributed by atoms with van der Waals surface area (Å²) in [6, 6.07) is 0.514. The van der Waals surface area contributed by atoms with Gasteiger partial charge in [-0.05, 0) is 57.5 Å². The SMILES string of the molecule is CCN1CCC[C@@H]1CNC(=O)CCC1CCN(C(=O)CCc2cnccn2)CC1. The van der Waals surface area contributed by atoms with Crippen LogP contribution in [0.2, 0.25) is 0 Å². The van der Waals surface area contributed by atoms with Crippen LogP contribution in [-0.2, 0) is 16.0 Å². The molecule has 0 unspecified atom stereocenters. The van der Waals surface area contributed by atoms with Crippen molar-refractivity contribution in [2.75, 3.05) is 32.7 Å². The van der Waals surface area contributed by atoms with Crippen molar-refractivity contribution in [3.8, 4) is 0 Å². The van der Waals surface area contributed by atoms with Crippen LogP contribution in [0.1, 0.15) is 57.6 Å². The molecule has 0 aliphatic carbocycles. The van der Waals surface area contributed by atoms with Crippen molar-refractivity contribution >= 4 is 11.8 Å². The fourth-order valence-corrected chi connectivity index (χ4v) is 4.52. The van der Waals surface area contributed by atoms with Crippen molar-refractivity contribution in [1.82, 2.24) is 25.1 Å². The third-order valence-electron chi connectivity index (χ3n) is 6.40. The summed E-state index contributed by atoms with van der Waals surface area (Å²) in [6.07, 6.45) is 12.1. The van der Waals surface area contributed by atoms with Crippen LogP contribution in [0.4, 0.5) is 0 Å². The summed E-state index contributed by atoms with van der Waals surface area (Å²) in [5.74, 6) is 0.919. The molecule has 29 heavy (non-hydrogen) atoms. The predicted octanol–water partition coefficient (Wildman–Crippen LogP) is 2.03. The average molecular weight is 402 g/mol. The minimum absolute atomic E-state index is 0.176. The summed E-state index contributed by atoms with van der Waals surface area (Å²) in [5.41, 5.74) is 0.862. The largest absolute Gasteiger partial charge is 0.355 e. The van der Waals surface area contributed by atoms with Crippen LogP contribution in [0.15, 0.2) is 18.6 Å². The van der Waals surface area contributed by atoms with Gasteiger partial charge in [-0.15, -0.1) is 0 Å². The van der Waals surface area contributed by atoms with Crippen LogP contribution in [0.25, 0.3) is 0 Å². The van der Waals surface area contributed by atoms with Crippen LogP contribution in [0, 0.1) is 5.92 Å². The van der Waals surface area contributed by atoms with Crippen LogP contribution >= 0.6 is 0 Å². The molecular formula is C22H35N5O2. The van der Waals surface area contributed by atoms with E-state index < -0.39 is 0 Å². The first-order valence-electron chi connectivity index (χ1n) is 11.2. The van der Waals surface area contributed by atoms with E-state index in [-0.39, 0.29) is 11.8 Å². The second-order valence-corrected chi connectivity index (χ2v) is 8.29. The maximum atomic E-state index is 12.4. The Kier molecular flexibility index (Phi) is 8.40. The van der Waals surface area contributed by atoms with Gasteiger partial charge in [0.1, 0.15) is 0 Å². The van der Waals surface area contributed by atoms with E-state index in [1.165, 1.54) is 12.8 Å². The number of likely N-dealkylation sites (tertiary alicyclic amines) is 2. The maximum Gasteiger partial charge on any atom is 0.222 e. The highest BCUT2D eigenvalue weighted by atomic mass is 16.2. The molecule has 160 valence electrons. The van der Waals surface area contributed by atoms with Gasteiger partial charge in [0, 0.05) is 57.1 Å². The topological polar surface area (TPSA) is 78.4 Å². The molecule has 2 fully saturated rings. The Labute approximate surface area is 174 Å². The van der Waals surface area contributed by atoms with Crippen molar-refractivity contribution < 1.29 is 9.59 Å². The first kappa shape index (κ1) is 21.7. The summed E-state index contributed by atoms with van der Waals surface area (Å²) < 4.78 is 0. The summed E-state index contributed by atoms with van der Waals surface area (Å²) in [6.45, 7) is 6.81. The first-order valence-corrected chi connectivity index (χ1v) is 11.2. The molecule has 3 rings (SSSR count). The second-order valence-electron chi connectivity index (χ2n) is 8.29. The van der Waals surface area contributed by atoms with Crippen LogP contribution in [0.5, 0.6) is 0 Å². The third-order valence-corrected chi connectivity index (χ3v) is 6.40. The molecule has 0 saturated carbocycles. The number of piperidine rings is 1. The Hall–Kier alpha value is -2.02. The zero-order valence-corrected chi connectivity index (χ0v) is 17.7.